The molecule has 0 heterocycles. The first-order valence-electron chi connectivity index (χ1n) is 8.22. The number of benzene rings is 2. The highest BCUT2D eigenvalue weighted by Crippen LogP contribution is 2.33. The van der Waals surface area contributed by atoms with Crippen LogP contribution in [0.5, 0.6) is 0 Å². The van der Waals surface area contributed by atoms with Crippen molar-refractivity contribution in [3.05, 3.63) is 64.1 Å². The van der Waals surface area contributed by atoms with Crippen molar-refractivity contribution in [2.75, 3.05) is 4.90 Å². The first kappa shape index (κ1) is 16.3. The number of Topliss-reactive ketones (excluding diaryl/α,β-unsaturated/α-hetero) is 1. The van der Waals surface area contributed by atoms with Gasteiger partial charge in [0.15, 0.2) is 0 Å². The van der Waals surface area contributed by atoms with Gasteiger partial charge < -0.3 is 4.90 Å². The highest BCUT2D eigenvalue weighted by Gasteiger charge is 2.26. The molecule has 2 aromatic rings. The topological polar surface area (TPSA) is 20.3 Å². The Balaban J connectivity index is 1.90. The molecule has 0 unspecified atom stereocenters. The highest BCUT2D eigenvalue weighted by atomic mass is 79.9. The zero-order valence-electron chi connectivity index (χ0n) is 13.5. The van der Waals surface area contributed by atoms with Crippen molar-refractivity contribution in [1.82, 2.24) is 0 Å². The summed E-state index contributed by atoms with van der Waals surface area (Å²) in [7, 11) is 0. The van der Waals surface area contributed by atoms with Gasteiger partial charge in [0.05, 0.1) is 5.69 Å². The van der Waals surface area contributed by atoms with Crippen LogP contribution in [-0.4, -0.2) is 11.8 Å². The molecule has 0 amide bonds. The monoisotopic (exact) mass is 371 g/mol. The molecular formula is C20H22BrNO. The Kier molecular flexibility index (Phi) is 5.16. The van der Waals surface area contributed by atoms with Crippen LogP contribution in [0.4, 0.5) is 5.69 Å². The van der Waals surface area contributed by atoms with Crippen molar-refractivity contribution in [3.63, 3.8) is 0 Å². The third-order valence-corrected chi connectivity index (χ3v) is 5.20. The normalized spacial score (nSPS) is 15.7. The lowest BCUT2D eigenvalue weighted by Gasteiger charge is -2.36. The number of rotatable bonds is 4. The Morgan fingerprint density at radius 1 is 1.09 bits per heavy atom. The summed E-state index contributed by atoms with van der Waals surface area (Å²) >= 11 is 3.73. The summed E-state index contributed by atoms with van der Waals surface area (Å²) in [4.78, 5) is 14.1. The van der Waals surface area contributed by atoms with Gasteiger partial charge in [-0.15, -0.1) is 0 Å². The molecule has 0 radical (unpaired) electrons. The van der Waals surface area contributed by atoms with Crippen molar-refractivity contribution < 1.29 is 4.79 Å². The van der Waals surface area contributed by atoms with Crippen LogP contribution in [0.15, 0.2) is 53.0 Å². The Labute approximate surface area is 146 Å². The van der Waals surface area contributed by atoms with Gasteiger partial charge in [0.2, 0.25) is 0 Å². The number of hydrogen-bond donors (Lipinski definition) is 0. The van der Waals surface area contributed by atoms with E-state index in [1.807, 2.05) is 0 Å². The SMILES string of the molecule is Cc1ccc(N(Cc2ccccc2)C2CCC(=O)CC2)c(Br)c1. The first-order chi connectivity index (χ1) is 11.1. The molecule has 1 aliphatic rings. The molecule has 23 heavy (non-hydrogen) atoms. The van der Waals surface area contributed by atoms with Crippen LogP contribution in [-0.2, 0) is 11.3 Å². The molecule has 0 atom stereocenters. The molecule has 0 aliphatic heterocycles. The zero-order valence-corrected chi connectivity index (χ0v) is 15.1. The average Bonchev–Trinajstić information content (AvgIpc) is 2.55. The number of halogens is 1. The molecule has 3 rings (SSSR count). The molecule has 0 N–H and O–H groups in total. The fourth-order valence-electron chi connectivity index (χ4n) is 3.27. The number of hydrogen-bond acceptors (Lipinski definition) is 2. The van der Waals surface area contributed by atoms with Gasteiger partial charge in [-0.1, -0.05) is 36.4 Å². The Hall–Kier alpha value is -1.61. The zero-order chi connectivity index (χ0) is 16.2. The lowest BCUT2D eigenvalue weighted by molar-refractivity contribution is -0.120. The summed E-state index contributed by atoms with van der Waals surface area (Å²) in [5.74, 6) is 0.406. The van der Waals surface area contributed by atoms with E-state index < -0.39 is 0 Å². The molecule has 0 bridgehead atoms. The van der Waals surface area contributed by atoms with Crippen molar-refractivity contribution in [2.45, 2.75) is 45.2 Å². The van der Waals surface area contributed by atoms with Gasteiger partial charge >= 0.3 is 0 Å². The highest BCUT2D eigenvalue weighted by molar-refractivity contribution is 9.10. The second-order valence-electron chi connectivity index (χ2n) is 6.34. The summed E-state index contributed by atoms with van der Waals surface area (Å²) in [5, 5.41) is 0. The van der Waals surface area contributed by atoms with E-state index in [1.165, 1.54) is 16.8 Å². The average molecular weight is 372 g/mol. The first-order valence-corrected chi connectivity index (χ1v) is 9.01. The maximum Gasteiger partial charge on any atom is 0.133 e. The number of nitrogens with zero attached hydrogens (tertiary/aromatic N) is 1. The third-order valence-electron chi connectivity index (χ3n) is 4.56. The molecule has 2 aromatic carbocycles. The molecule has 120 valence electrons. The van der Waals surface area contributed by atoms with Gasteiger partial charge in [-0.2, -0.15) is 0 Å². The second-order valence-corrected chi connectivity index (χ2v) is 7.19. The van der Waals surface area contributed by atoms with E-state index in [4.69, 9.17) is 0 Å². The van der Waals surface area contributed by atoms with Gasteiger partial charge in [0.25, 0.3) is 0 Å². The number of ketones is 1. The predicted octanol–water partition coefficient (Wildman–Crippen LogP) is 5.28. The largest absolute Gasteiger partial charge is 0.363 e. The van der Waals surface area contributed by atoms with E-state index in [9.17, 15) is 4.79 Å². The number of aryl methyl sites for hydroxylation is 1. The second kappa shape index (κ2) is 7.31. The smallest absolute Gasteiger partial charge is 0.133 e. The van der Waals surface area contributed by atoms with Crippen molar-refractivity contribution in [1.29, 1.82) is 0 Å². The molecule has 1 fully saturated rings. The molecule has 3 heteroatoms. The van der Waals surface area contributed by atoms with Gasteiger partial charge in [0, 0.05) is 29.9 Å². The molecule has 1 aliphatic carbocycles. The fraction of sp³-hybridized carbons (Fsp3) is 0.350. The minimum absolute atomic E-state index is 0.406. The quantitative estimate of drug-likeness (QED) is 0.728. The Bertz CT molecular complexity index is 673. The van der Waals surface area contributed by atoms with E-state index in [1.54, 1.807) is 0 Å². The van der Waals surface area contributed by atoms with Gasteiger partial charge in [-0.3, -0.25) is 4.79 Å². The van der Waals surface area contributed by atoms with Crippen LogP contribution in [0.25, 0.3) is 0 Å². The summed E-state index contributed by atoms with van der Waals surface area (Å²) in [6.07, 6.45) is 3.32. The van der Waals surface area contributed by atoms with Crippen molar-refractivity contribution in [2.24, 2.45) is 0 Å². The lowest BCUT2D eigenvalue weighted by atomic mass is 9.92. The maximum atomic E-state index is 11.6. The van der Waals surface area contributed by atoms with Crippen molar-refractivity contribution in [3.8, 4) is 0 Å². The Morgan fingerprint density at radius 2 is 1.78 bits per heavy atom. The van der Waals surface area contributed by atoms with Crippen LogP contribution in [0, 0.1) is 6.92 Å². The number of carbonyl (C=O) groups is 1. The third kappa shape index (κ3) is 4.03. The molecule has 2 nitrogen and oxygen atoms in total. The van der Waals surface area contributed by atoms with Gasteiger partial charge in [-0.05, 0) is 59.0 Å². The van der Waals surface area contributed by atoms with Crippen LogP contribution in [0.2, 0.25) is 0 Å². The maximum absolute atomic E-state index is 11.6. The van der Waals surface area contributed by atoms with E-state index in [0.29, 0.717) is 24.7 Å². The van der Waals surface area contributed by atoms with Crippen LogP contribution >= 0.6 is 15.9 Å². The summed E-state index contributed by atoms with van der Waals surface area (Å²) < 4.78 is 1.13. The van der Waals surface area contributed by atoms with Crippen LogP contribution in [0.3, 0.4) is 0 Å². The Morgan fingerprint density at radius 3 is 2.43 bits per heavy atom. The number of carbonyl (C=O) groups excluding carboxylic acids is 1. The van der Waals surface area contributed by atoms with E-state index >= 15 is 0 Å². The molecular weight excluding hydrogens is 350 g/mol. The lowest BCUT2D eigenvalue weighted by Crippen LogP contribution is -2.38. The number of anilines is 1. The minimum atomic E-state index is 0.406. The van der Waals surface area contributed by atoms with E-state index in [0.717, 1.165) is 23.9 Å². The van der Waals surface area contributed by atoms with Gasteiger partial charge in [0.1, 0.15) is 5.78 Å². The van der Waals surface area contributed by atoms with Gasteiger partial charge in [-0.25, -0.2) is 0 Å². The summed E-state index contributed by atoms with van der Waals surface area (Å²) in [5.41, 5.74) is 3.77. The van der Waals surface area contributed by atoms with Crippen LogP contribution in [0.1, 0.15) is 36.8 Å². The minimum Gasteiger partial charge on any atom is -0.363 e. The van der Waals surface area contributed by atoms with Crippen molar-refractivity contribution >= 4 is 27.4 Å². The van der Waals surface area contributed by atoms with E-state index in [2.05, 4.69) is 76.3 Å². The standard InChI is InChI=1S/C20H22BrNO/c1-15-7-12-20(19(21)13-15)22(14-16-5-3-2-4-6-16)17-8-10-18(23)11-9-17/h2-7,12-13,17H,8-11,14H2,1H3. The molecule has 1 saturated carbocycles. The summed E-state index contributed by atoms with van der Waals surface area (Å²) in [6.45, 7) is 2.98. The molecule has 0 spiro atoms. The fourth-order valence-corrected chi connectivity index (χ4v) is 3.99. The molecule has 0 saturated heterocycles. The predicted molar refractivity (Wildman–Crippen MR) is 98.8 cm³/mol. The molecule has 0 aromatic heterocycles. The van der Waals surface area contributed by atoms with E-state index in [-0.39, 0.29) is 0 Å². The summed E-state index contributed by atoms with van der Waals surface area (Å²) in [6, 6.07) is 17.5. The van der Waals surface area contributed by atoms with Crippen LogP contribution < -0.4 is 4.90 Å².